The summed E-state index contributed by atoms with van der Waals surface area (Å²) >= 11 is 0. The van der Waals surface area contributed by atoms with Crippen LogP contribution < -0.4 is 0 Å². The Balaban J connectivity index is 2.70. The number of hydrogen-bond donors (Lipinski definition) is 1. The van der Waals surface area contributed by atoms with Gasteiger partial charge in [0.25, 0.3) is 0 Å². The number of carbonyl (C=O) groups is 1. The number of hydrogen-bond acceptors (Lipinski definition) is 3. The summed E-state index contributed by atoms with van der Waals surface area (Å²) in [6, 6.07) is 0. The van der Waals surface area contributed by atoms with Crippen molar-refractivity contribution in [2.45, 2.75) is 59.2 Å². The van der Waals surface area contributed by atoms with E-state index in [1.165, 1.54) is 12.5 Å². The second kappa shape index (κ2) is 7.09. The molecule has 0 amide bonds. The lowest BCUT2D eigenvalue weighted by atomic mass is 9.75. The van der Waals surface area contributed by atoms with Crippen molar-refractivity contribution in [3.05, 3.63) is 12.7 Å². The van der Waals surface area contributed by atoms with E-state index in [9.17, 15) is 9.90 Å². The molecule has 0 heterocycles. The van der Waals surface area contributed by atoms with E-state index in [0.29, 0.717) is 17.8 Å². The molecule has 1 fully saturated rings. The summed E-state index contributed by atoms with van der Waals surface area (Å²) in [7, 11) is 0. The van der Waals surface area contributed by atoms with Crippen LogP contribution in [0.3, 0.4) is 0 Å². The number of aliphatic hydroxyl groups excluding tert-OH is 1. The fourth-order valence-corrected chi connectivity index (χ4v) is 2.97. The molecule has 0 bridgehead atoms. The molecule has 0 aromatic rings. The third-order valence-corrected chi connectivity index (χ3v) is 4.27. The van der Waals surface area contributed by atoms with E-state index >= 15 is 0 Å². The van der Waals surface area contributed by atoms with E-state index in [1.807, 2.05) is 0 Å². The Hall–Kier alpha value is -0.830. The minimum Gasteiger partial charge on any atom is -0.462 e. The molecular formula is C16H28O3. The van der Waals surface area contributed by atoms with Crippen LogP contribution in [0, 0.1) is 23.7 Å². The van der Waals surface area contributed by atoms with Gasteiger partial charge in [-0.15, -0.1) is 6.58 Å². The highest BCUT2D eigenvalue weighted by atomic mass is 16.5. The summed E-state index contributed by atoms with van der Waals surface area (Å²) in [5.74, 6) is 0.583. The van der Waals surface area contributed by atoms with Gasteiger partial charge in [-0.25, -0.2) is 0 Å². The number of aliphatic hydroxyl groups is 1. The molecule has 3 nitrogen and oxygen atoms in total. The summed E-state index contributed by atoms with van der Waals surface area (Å²) in [5, 5.41) is 9.57. The van der Waals surface area contributed by atoms with Gasteiger partial charge in [0.2, 0.25) is 0 Å². The Bertz CT molecular complexity index is 309. The van der Waals surface area contributed by atoms with E-state index in [-0.39, 0.29) is 12.1 Å². The van der Waals surface area contributed by atoms with Gasteiger partial charge >= 0.3 is 5.97 Å². The van der Waals surface area contributed by atoms with Crippen molar-refractivity contribution in [3.63, 3.8) is 0 Å². The van der Waals surface area contributed by atoms with Gasteiger partial charge in [-0.3, -0.25) is 4.79 Å². The molecule has 3 heteroatoms. The van der Waals surface area contributed by atoms with Crippen molar-refractivity contribution in [2.24, 2.45) is 23.7 Å². The van der Waals surface area contributed by atoms with E-state index in [1.54, 1.807) is 6.92 Å². The number of rotatable bonds is 5. The van der Waals surface area contributed by atoms with Gasteiger partial charge in [0.15, 0.2) is 0 Å². The van der Waals surface area contributed by atoms with E-state index in [4.69, 9.17) is 4.74 Å². The standard InChI is InChI=1S/C16H28O3/c1-6-13(12(5)17)16(18)19-15-9-11(4)7-8-14(15)10(2)3/h6,10-15,17H,1,7-9H2,2-5H3/t11-,12+,13-,14+,15?/m0/s1. The van der Waals surface area contributed by atoms with Gasteiger partial charge in [-0.2, -0.15) is 0 Å². The van der Waals surface area contributed by atoms with Crippen molar-refractivity contribution in [1.29, 1.82) is 0 Å². The first-order valence-corrected chi connectivity index (χ1v) is 7.37. The van der Waals surface area contributed by atoms with E-state index < -0.39 is 12.0 Å². The zero-order valence-electron chi connectivity index (χ0n) is 12.6. The van der Waals surface area contributed by atoms with Crippen molar-refractivity contribution in [1.82, 2.24) is 0 Å². The SMILES string of the molecule is C=C[C@H](C(=O)OC1C[C@@H](C)CC[C@@H]1C(C)C)[C@@H](C)O. The largest absolute Gasteiger partial charge is 0.462 e. The molecule has 1 N–H and O–H groups in total. The molecule has 0 spiro atoms. The normalized spacial score (nSPS) is 30.7. The van der Waals surface area contributed by atoms with Gasteiger partial charge in [0.1, 0.15) is 12.0 Å². The Kier molecular flexibility index (Phi) is 6.05. The quantitative estimate of drug-likeness (QED) is 0.615. The number of carbonyl (C=O) groups excluding carboxylic acids is 1. The Morgan fingerprint density at radius 3 is 2.47 bits per heavy atom. The van der Waals surface area contributed by atoms with Gasteiger partial charge in [-0.1, -0.05) is 33.3 Å². The topological polar surface area (TPSA) is 46.5 Å². The summed E-state index contributed by atoms with van der Waals surface area (Å²) in [6.45, 7) is 11.8. The monoisotopic (exact) mass is 268 g/mol. The highest BCUT2D eigenvalue weighted by molar-refractivity contribution is 5.75. The van der Waals surface area contributed by atoms with Crippen molar-refractivity contribution in [2.75, 3.05) is 0 Å². The fourth-order valence-electron chi connectivity index (χ4n) is 2.97. The molecule has 0 saturated heterocycles. The molecule has 1 aliphatic rings. The molecule has 0 aliphatic heterocycles. The Morgan fingerprint density at radius 2 is 2.00 bits per heavy atom. The Labute approximate surface area is 117 Å². The smallest absolute Gasteiger partial charge is 0.315 e. The molecule has 1 rings (SSSR count). The molecule has 19 heavy (non-hydrogen) atoms. The number of ether oxygens (including phenoxy) is 1. The van der Waals surface area contributed by atoms with Crippen LogP contribution in [0.1, 0.15) is 47.0 Å². The third kappa shape index (κ3) is 4.34. The van der Waals surface area contributed by atoms with Gasteiger partial charge in [0, 0.05) is 0 Å². The molecule has 1 aliphatic carbocycles. The first kappa shape index (κ1) is 16.2. The Morgan fingerprint density at radius 1 is 1.37 bits per heavy atom. The summed E-state index contributed by atoms with van der Waals surface area (Å²) in [5.41, 5.74) is 0. The van der Waals surface area contributed by atoms with Gasteiger partial charge in [-0.05, 0) is 37.5 Å². The van der Waals surface area contributed by atoms with Crippen LogP contribution in [0.2, 0.25) is 0 Å². The zero-order valence-corrected chi connectivity index (χ0v) is 12.6. The average Bonchev–Trinajstić information content (AvgIpc) is 2.28. The highest BCUT2D eigenvalue weighted by Gasteiger charge is 2.35. The lowest BCUT2D eigenvalue weighted by Gasteiger charge is -2.37. The van der Waals surface area contributed by atoms with Crippen LogP contribution in [0.5, 0.6) is 0 Å². The van der Waals surface area contributed by atoms with Crippen molar-refractivity contribution < 1.29 is 14.6 Å². The molecule has 1 saturated carbocycles. The van der Waals surface area contributed by atoms with Crippen LogP contribution in [0.25, 0.3) is 0 Å². The van der Waals surface area contributed by atoms with Crippen molar-refractivity contribution >= 4 is 5.97 Å². The molecule has 0 radical (unpaired) electrons. The minimum atomic E-state index is -0.747. The zero-order chi connectivity index (χ0) is 14.6. The maximum Gasteiger partial charge on any atom is 0.315 e. The minimum absolute atomic E-state index is 0.0163. The molecule has 110 valence electrons. The maximum atomic E-state index is 12.1. The van der Waals surface area contributed by atoms with Gasteiger partial charge < -0.3 is 9.84 Å². The van der Waals surface area contributed by atoms with E-state index in [2.05, 4.69) is 27.4 Å². The molecule has 0 aromatic heterocycles. The molecule has 1 unspecified atom stereocenters. The lowest BCUT2D eigenvalue weighted by Crippen LogP contribution is -2.38. The van der Waals surface area contributed by atoms with Crippen LogP contribution >= 0.6 is 0 Å². The average molecular weight is 268 g/mol. The summed E-state index contributed by atoms with van der Waals surface area (Å²) in [4.78, 5) is 12.1. The second-order valence-electron chi connectivity index (χ2n) is 6.30. The summed E-state index contributed by atoms with van der Waals surface area (Å²) < 4.78 is 5.68. The molecular weight excluding hydrogens is 240 g/mol. The molecule has 5 atom stereocenters. The number of esters is 1. The van der Waals surface area contributed by atoms with Crippen LogP contribution in [0.15, 0.2) is 12.7 Å². The highest BCUT2D eigenvalue weighted by Crippen LogP contribution is 2.35. The maximum absolute atomic E-state index is 12.1. The second-order valence-corrected chi connectivity index (χ2v) is 6.30. The predicted octanol–water partition coefficient (Wildman–Crippen LogP) is 3.17. The summed E-state index contributed by atoms with van der Waals surface area (Å²) in [6.07, 6.45) is 3.96. The van der Waals surface area contributed by atoms with Crippen LogP contribution in [-0.4, -0.2) is 23.3 Å². The molecule has 0 aromatic carbocycles. The first-order valence-electron chi connectivity index (χ1n) is 7.37. The third-order valence-electron chi connectivity index (χ3n) is 4.27. The van der Waals surface area contributed by atoms with Crippen LogP contribution in [-0.2, 0) is 9.53 Å². The van der Waals surface area contributed by atoms with Crippen LogP contribution in [0.4, 0.5) is 0 Å². The lowest BCUT2D eigenvalue weighted by molar-refractivity contribution is -0.162. The van der Waals surface area contributed by atoms with E-state index in [0.717, 1.165) is 12.8 Å². The predicted molar refractivity (Wildman–Crippen MR) is 76.6 cm³/mol. The van der Waals surface area contributed by atoms with Gasteiger partial charge in [0.05, 0.1) is 6.10 Å². The first-order chi connectivity index (χ1) is 8.86. The fraction of sp³-hybridized carbons (Fsp3) is 0.812. The van der Waals surface area contributed by atoms with Crippen molar-refractivity contribution in [3.8, 4) is 0 Å².